The third kappa shape index (κ3) is 20.2. The van der Waals surface area contributed by atoms with Gasteiger partial charge in [-0.05, 0) is 12.8 Å². The highest BCUT2D eigenvalue weighted by Crippen LogP contribution is 2.14. The number of amides is 1. The lowest BCUT2D eigenvalue weighted by atomic mass is 10.0. The third-order valence-electron chi connectivity index (χ3n) is 5.80. The number of ether oxygens (including phenoxy) is 1. The molecule has 0 unspecified atom stereocenters. The molecule has 0 bridgehead atoms. The molecular weight excluding hydrogens is 374 g/mol. The van der Waals surface area contributed by atoms with E-state index in [1.54, 1.807) is 7.05 Å². The Morgan fingerprint density at radius 3 is 1.47 bits per heavy atom. The molecule has 0 heterocycles. The van der Waals surface area contributed by atoms with Crippen LogP contribution in [0.3, 0.4) is 0 Å². The lowest BCUT2D eigenvalue weighted by Gasteiger charge is -2.16. The third-order valence-corrected chi connectivity index (χ3v) is 5.80. The highest BCUT2D eigenvalue weighted by Gasteiger charge is 2.13. The van der Waals surface area contributed by atoms with Crippen LogP contribution in [-0.4, -0.2) is 37.0 Å². The molecule has 1 amide bonds. The van der Waals surface area contributed by atoms with E-state index in [0.29, 0.717) is 13.0 Å². The Hall–Kier alpha value is -1.06. The standard InChI is InChI=1S/C26H51NO3/c1-4-6-8-9-10-11-12-13-14-15-16-17-18-19-20-22-25(28)27(3)24-26(29)30-23-21-7-5-2/h4-24H2,1-3H3. The molecule has 0 rings (SSSR count). The maximum atomic E-state index is 12.1. The van der Waals surface area contributed by atoms with Crippen LogP contribution in [0, 0.1) is 0 Å². The van der Waals surface area contributed by atoms with Gasteiger partial charge in [0, 0.05) is 13.5 Å². The molecule has 0 saturated carbocycles. The molecule has 0 aliphatic rings. The van der Waals surface area contributed by atoms with Crippen molar-refractivity contribution in [2.75, 3.05) is 20.2 Å². The predicted molar refractivity (Wildman–Crippen MR) is 128 cm³/mol. The zero-order valence-corrected chi connectivity index (χ0v) is 20.5. The molecule has 178 valence electrons. The first kappa shape index (κ1) is 28.9. The molecule has 0 aromatic heterocycles. The highest BCUT2D eigenvalue weighted by molar-refractivity contribution is 5.81. The lowest BCUT2D eigenvalue weighted by Crippen LogP contribution is -2.33. The molecule has 0 aromatic rings. The van der Waals surface area contributed by atoms with E-state index in [0.717, 1.165) is 32.1 Å². The van der Waals surface area contributed by atoms with E-state index in [2.05, 4.69) is 13.8 Å². The average molecular weight is 426 g/mol. The van der Waals surface area contributed by atoms with Gasteiger partial charge in [0.2, 0.25) is 5.91 Å². The van der Waals surface area contributed by atoms with Crippen LogP contribution in [0.15, 0.2) is 0 Å². The minimum Gasteiger partial charge on any atom is -0.464 e. The van der Waals surface area contributed by atoms with Crippen LogP contribution in [-0.2, 0) is 14.3 Å². The van der Waals surface area contributed by atoms with Crippen molar-refractivity contribution in [3.63, 3.8) is 0 Å². The second kappa shape index (κ2) is 22.6. The maximum absolute atomic E-state index is 12.1. The van der Waals surface area contributed by atoms with Gasteiger partial charge < -0.3 is 9.64 Å². The maximum Gasteiger partial charge on any atom is 0.325 e. The Morgan fingerprint density at radius 2 is 1.00 bits per heavy atom. The Labute approximate surface area is 187 Å². The molecule has 0 saturated heterocycles. The van der Waals surface area contributed by atoms with Gasteiger partial charge in [-0.25, -0.2) is 0 Å². The number of rotatable bonds is 22. The van der Waals surface area contributed by atoms with Gasteiger partial charge in [0.25, 0.3) is 0 Å². The van der Waals surface area contributed by atoms with E-state index in [1.165, 1.54) is 88.4 Å². The summed E-state index contributed by atoms with van der Waals surface area (Å²) >= 11 is 0. The minimum atomic E-state index is -0.293. The number of carbonyl (C=O) groups is 2. The quantitative estimate of drug-likeness (QED) is 0.134. The first-order valence-electron chi connectivity index (χ1n) is 13.0. The number of hydrogen-bond donors (Lipinski definition) is 0. The van der Waals surface area contributed by atoms with Crippen molar-refractivity contribution in [3.05, 3.63) is 0 Å². The van der Waals surface area contributed by atoms with Crippen molar-refractivity contribution in [1.29, 1.82) is 0 Å². The minimum absolute atomic E-state index is 0.0511. The van der Waals surface area contributed by atoms with Crippen LogP contribution < -0.4 is 0 Å². The molecule has 4 heteroatoms. The molecule has 0 spiro atoms. The monoisotopic (exact) mass is 425 g/mol. The van der Waals surface area contributed by atoms with Crippen LogP contribution >= 0.6 is 0 Å². The predicted octanol–water partition coefficient (Wildman–Crippen LogP) is 7.44. The van der Waals surface area contributed by atoms with Gasteiger partial charge in [0.15, 0.2) is 0 Å². The van der Waals surface area contributed by atoms with Gasteiger partial charge in [-0.1, -0.05) is 117 Å². The van der Waals surface area contributed by atoms with Gasteiger partial charge in [-0.15, -0.1) is 0 Å². The Bertz CT molecular complexity index is 398. The first-order valence-corrected chi connectivity index (χ1v) is 13.0. The SMILES string of the molecule is CCCCCCCCCCCCCCCCCC(=O)N(C)CC(=O)OCCCCC. The summed E-state index contributed by atoms with van der Waals surface area (Å²) in [5.41, 5.74) is 0. The first-order chi connectivity index (χ1) is 14.6. The molecule has 0 N–H and O–H groups in total. The van der Waals surface area contributed by atoms with E-state index in [9.17, 15) is 9.59 Å². The van der Waals surface area contributed by atoms with Gasteiger partial charge >= 0.3 is 5.97 Å². The summed E-state index contributed by atoms with van der Waals surface area (Å²) in [5, 5.41) is 0. The Balaban J connectivity index is 3.38. The zero-order valence-electron chi connectivity index (χ0n) is 20.5. The fourth-order valence-electron chi connectivity index (χ4n) is 3.70. The summed E-state index contributed by atoms with van der Waals surface area (Å²) in [6.45, 7) is 4.93. The molecular formula is C26H51NO3. The van der Waals surface area contributed by atoms with E-state index in [-0.39, 0.29) is 18.4 Å². The van der Waals surface area contributed by atoms with Gasteiger partial charge in [0.1, 0.15) is 6.54 Å². The van der Waals surface area contributed by atoms with Gasteiger partial charge in [-0.2, -0.15) is 0 Å². The van der Waals surface area contributed by atoms with Crippen molar-refractivity contribution in [2.45, 2.75) is 136 Å². The number of likely N-dealkylation sites (N-methyl/N-ethyl adjacent to an activating group) is 1. The molecule has 30 heavy (non-hydrogen) atoms. The smallest absolute Gasteiger partial charge is 0.325 e. The van der Waals surface area contributed by atoms with Gasteiger partial charge in [0.05, 0.1) is 6.61 Å². The molecule has 0 radical (unpaired) electrons. The van der Waals surface area contributed by atoms with Crippen LogP contribution in [0.25, 0.3) is 0 Å². The van der Waals surface area contributed by atoms with Crippen molar-refractivity contribution in [3.8, 4) is 0 Å². The number of nitrogens with zero attached hydrogens (tertiary/aromatic N) is 1. The number of hydrogen-bond acceptors (Lipinski definition) is 3. The lowest BCUT2D eigenvalue weighted by molar-refractivity contribution is -0.148. The molecule has 0 fully saturated rings. The van der Waals surface area contributed by atoms with Crippen molar-refractivity contribution < 1.29 is 14.3 Å². The zero-order chi connectivity index (χ0) is 22.3. The normalized spacial score (nSPS) is 10.9. The average Bonchev–Trinajstić information content (AvgIpc) is 2.73. The topological polar surface area (TPSA) is 46.6 Å². The Kier molecular flexibility index (Phi) is 21.8. The number of carbonyl (C=O) groups excluding carboxylic acids is 2. The van der Waals surface area contributed by atoms with Crippen LogP contribution in [0.1, 0.15) is 136 Å². The van der Waals surface area contributed by atoms with Crippen molar-refractivity contribution >= 4 is 11.9 Å². The van der Waals surface area contributed by atoms with E-state index in [1.807, 2.05) is 0 Å². The van der Waals surface area contributed by atoms with Crippen LogP contribution in [0.4, 0.5) is 0 Å². The number of unbranched alkanes of at least 4 members (excludes halogenated alkanes) is 16. The van der Waals surface area contributed by atoms with Crippen LogP contribution in [0.2, 0.25) is 0 Å². The van der Waals surface area contributed by atoms with E-state index < -0.39 is 0 Å². The largest absolute Gasteiger partial charge is 0.464 e. The molecule has 0 aliphatic heterocycles. The Morgan fingerprint density at radius 1 is 0.600 bits per heavy atom. The number of esters is 1. The highest BCUT2D eigenvalue weighted by atomic mass is 16.5. The summed E-state index contributed by atoms with van der Waals surface area (Å²) < 4.78 is 5.16. The van der Waals surface area contributed by atoms with Crippen molar-refractivity contribution in [1.82, 2.24) is 4.90 Å². The molecule has 4 nitrogen and oxygen atoms in total. The summed E-state index contributed by atoms with van der Waals surface area (Å²) in [6.07, 6.45) is 23.5. The molecule has 0 aromatic carbocycles. The van der Waals surface area contributed by atoms with Gasteiger partial charge in [-0.3, -0.25) is 9.59 Å². The summed E-state index contributed by atoms with van der Waals surface area (Å²) in [7, 11) is 1.70. The van der Waals surface area contributed by atoms with Crippen molar-refractivity contribution in [2.24, 2.45) is 0 Å². The van der Waals surface area contributed by atoms with E-state index in [4.69, 9.17) is 4.74 Å². The molecule has 0 atom stereocenters. The molecule has 0 aliphatic carbocycles. The summed E-state index contributed by atoms with van der Waals surface area (Å²) in [4.78, 5) is 25.3. The fraction of sp³-hybridized carbons (Fsp3) is 0.923. The second-order valence-corrected chi connectivity index (χ2v) is 8.88. The van der Waals surface area contributed by atoms with E-state index >= 15 is 0 Å². The summed E-state index contributed by atoms with van der Waals surface area (Å²) in [6, 6.07) is 0. The van der Waals surface area contributed by atoms with Crippen LogP contribution in [0.5, 0.6) is 0 Å². The second-order valence-electron chi connectivity index (χ2n) is 8.88. The summed E-state index contributed by atoms with van der Waals surface area (Å²) in [5.74, 6) is -0.242. The fourth-order valence-corrected chi connectivity index (χ4v) is 3.70.